The van der Waals surface area contributed by atoms with E-state index in [1.807, 2.05) is 83.1 Å². The summed E-state index contributed by atoms with van der Waals surface area (Å²) in [5, 5.41) is 10.9. The van der Waals surface area contributed by atoms with Gasteiger partial charge >= 0.3 is 6.09 Å². The molecule has 1 saturated heterocycles. The summed E-state index contributed by atoms with van der Waals surface area (Å²) < 4.78 is 11.6. The highest BCUT2D eigenvalue weighted by atomic mass is 16.6. The van der Waals surface area contributed by atoms with Gasteiger partial charge in [-0.15, -0.1) is 0 Å². The number of nitrogens with zero attached hydrogens (tertiary/aromatic N) is 3. The van der Waals surface area contributed by atoms with Crippen LogP contribution in [0.15, 0.2) is 54.6 Å². The monoisotopic (exact) mass is 483 g/mol. The minimum Gasteiger partial charge on any atom is -0.489 e. The second-order valence-corrected chi connectivity index (χ2v) is 10.4. The number of anilines is 1. The fourth-order valence-electron chi connectivity index (χ4n) is 4.19. The van der Waals surface area contributed by atoms with Gasteiger partial charge in [-0.3, -0.25) is 4.90 Å². The molecule has 1 N–H and O–H groups in total. The maximum Gasteiger partial charge on any atom is 0.410 e. The lowest BCUT2D eigenvalue weighted by molar-refractivity contribution is 0.00810. The van der Waals surface area contributed by atoms with Crippen LogP contribution in [0.2, 0.25) is 0 Å². The number of β-amino-alcohol motifs (C(OH)–C–C–N with tert-alkyl or cyclic N) is 1. The van der Waals surface area contributed by atoms with Crippen molar-refractivity contribution in [3.8, 4) is 5.75 Å². The summed E-state index contributed by atoms with van der Waals surface area (Å²) in [4.78, 5) is 19.0. The van der Waals surface area contributed by atoms with Crippen molar-refractivity contribution in [2.45, 2.75) is 59.0 Å². The maximum absolute atomic E-state index is 12.9. The third-order valence-corrected chi connectivity index (χ3v) is 5.71. The molecule has 35 heavy (non-hydrogen) atoms. The Labute approximate surface area is 210 Å². The Balaban J connectivity index is 1.56. The number of rotatable bonds is 9. The number of hydrogen-bond donors (Lipinski definition) is 1. The van der Waals surface area contributed by atoms with Crippen molar-refractivity contribution in [1.82, 2.24) is 9.80 Å². The van der Waals surface area contributed by atoms with Gasteiger partial charge in [0.2, 0.25) is 0 Å². The summed E-state index contributed by atoms with van der Waals surface area (Å²) in [5.74, 6) is 0.907. The van der Waals surface area contributed by atoms with E-state index in [0.717, 1.165) is 43.2 Å². The van der Waals surface area contributed by atoms with E-state index in [9.17, 15) is 9.90 Å². The zero-order chi connectivity index (χ0) is 25.4. The van der Waals surface area contributed by atoms with Gasteiger partial charge in [-0.2, -0.15) is 0 Å². The molecule has 0 radical (unpaired) electrons. The van der Waals surface area contributed by atoms with Gasteiger partial charge in [0.25, 0.3) is 0 Å². The standard InChI is InChI=1S/C28H41N3O4/c1-22(2)34-26-14-10-9-13-25(26)30-17-15-29(16-18-30)20-24(32)21-31(27(33)35-28(3,4)5)19-23-11-7-6-8-12-23/h6-14,22,24,32H,15-21H2,1-5H3/t24-/m1/s1. The second-order valence-electron chi connectivity index (χ2n) is 10.4. The van der Waals surface area contributed by atoms with Gasteiger partial charge in [0.1, 0.15) is 11.4 Å². The van der Waals surface area contributed by atoms with Crippen molar-refractivity contribution in [2.75, 3.05) is 44.2 Å². The van der Waals surface area contributed by atoms with Crippen LogP contribution in [0.25, 0.3) is 0 Å². The van der Waals surface area contributed by atoms with E-state index in [1.54, 1.807) is 4.90 Å². The zero-order valence-electron chi connectivity index (χ0n) is 21.8. The topological polar surface area (TPSA) is 65.5 Å². The van der Waals surface area contributed by atoms with Gasteiger partial charge in [-0.25, -0.2) is 4.79 Å². The molecular weight excluding hydrogens is 442 g/mol. The van der Waals surface area contributed by atoms with Crippen LogP contribution < -0.4 is 9.64 Å². The maximum atomic E-state index is 12.9. The number of hydrogen-bond acceptors (Lipinski definition) is 6. The Bertz CT molecular complexity index is 921. The van der Waals surface area contributed by atoms with Crippen molar-refractivity contribution < 1.29 is 19.4 Å². The van der Waals surface area contributed by atoms with Crippen LogP contribution in [-0.2, 0) is 11.3 Å². The number of piperazine rings is 1. The van der Waals surface area contributed by atoms with Crippen LogP contribution in [-0.4, -0.2) is 78.1 Å². The molecule has 1 aliphatic heterocycles. The number of carbonyl (C=O) groups is 1. The molecule has 0 bridgehead atoms. The first-order chi connectivity index (χ1) is 16.6. The number of benzene rings is 2. The number of para-hydroxylation sites is 2. The third kappa shape index (κ3) is 8.75. The van der Waals surface area contributed by atoms with Gasteiger partial charge in [-0.05, 0) is 52.3 Å². The summed E-state index contributed by atoms with van der Waals surface area (Å²) in [5.41, 5.74) is 1.52. The van der Waals surface area contributed by atoms with E-state index >= 15 is 0 Å². The number of amides is 1. The average molecular weight is 484 g/mol. The molecule has 2 aromatic carbocycles. The first kappa shape index (κ1) is 26.8. The molecule has 0 unspecified atom stereocenters. The SMILES string of the molecule is CC(C)Oc1ccccc1N1CCN(C[C@@H](O)CN(Cc2ccccc2)C(=O)OC(C)(C)C)CC1. The molecule has 192 valence electrons. The molecule has 3 rings (SSSR count). The lowest BCUT2D eigenvalue weighted by atomic mass is 10.2. The van der Waals surface area contributed by atoms with Crippen LogP contribution in [0.3, 0.4) is 0 Å². The first-order valence-electron chi connectivity index (χ1n) is 12.5. The highest BCUT2D eigenvalue weighted by molar-refractivity contribution is 5.68. The van der Waals surface area contributed by atoms with Crippen molar-refractivity contribution in [3.05, 3.63) is 60.2 Å². The first-order valence-corrected chi connectivity index (χ1v) is 12.5. The Kier molecular flexibility index (Phi) is 9.40. The Hall–Kier alpha value is -2.77. The molecule has 7 heteroatoms. The van der Waals surface area contributed by atoms with Crippen LogP contribution in [0.4, 0.5) is 10.5 Å². The zero-order valence-corrected chi connectivity index (χ0v) is 21.8. The van der Waals surface area contributed by atoms with E-state index in [-0.39, 0.29) is 12.6 Å². The van der Waals surface area contributed by atoms with Gasteiger partial charge in [0, 0.05) is 39.3 Å². The molecule has 0 spiro atoms. The van der Waals surface area contributed by atoms with E-state index in [0.29, 0.717) is 13.1 Å². The van der Waals surface area contributed by atoms with Crippen molar-refractivity contribution in [3.63, 3.8) is 0 Å². The Morgan fingerprint density at radius 1 is 1.00 bits per heavy atom. The summed E-state index contributed by atoms with van der Waals surface area (Å²) >= 11 is 0. The van der Waals surface area contributed by atoms with Crippen LogP contribution in [0.5, 0.6) is 5.75 Å². The number of aliphatic hydroxyl groups is 1. The van der Waals surface area contributed by atoms with Crippen molar-refractivity contribution >= 4 is 11.8 Å². The lowest BCUT2D eigenvalue weighted by Gasteiger charge is -2.38. The van der Waals surface area contributed by atoms with Crippen LogP contribution in [0.1, 0.15) is 40.2 Å². The summed E-state index contributed by atoms with van der Waals surface area (Å²) in [6.45, 7) is 14.1. The van der Waals surface area contributed by atoms with E-state index < -0.39 is 17.8 Å². The molecule has 0 saturated carbocycles. The molecule has 7 nitrogen and oxygen atoms in total. The van der Waals surface area contributed by atoms with Crippen LogP contribution >= 0.6 is 0 Å². The minimum absolute atomic E-state index is 0.122. The normalized spacial score (nSPS) is 15.7. The average Bonchev–Trinajstić information content (AvgIpc) is 2.79. The highest BCUT2D eigenvalue weighted by Gasteiger charge is 2.26. The molecule has 1 atom stereocenters. The van der Waals surface area contributed by atoms with Crippen molar-refractivity contribution in [1.29, 1.82) is 0 Å². The van der Waals surface area contributed by atoms with Gasteiger partial charge in [0.15, 0.2) is 0 Å². The van der Waals surface area contributed by atoms with E-state index in [4.69, 9.17) is 9.47 Å². The second kappa shape index (κ2) is 12.3. The molecule has 2 aromatic rings. The smallest absolute Gasteiger partial charge is 0.410 e. The quantitative estimate of drug-likeness (QED) is 0.571. The number of aliphatic hydroxyl groups excluding tert-OH is 1. The Morgan fingerprint density at radius 3 is 2.26 bits per heavy atom. The highest BCUT2D eigenvalue weighted by Crippen LogP contribution is 2.29. The fraction of sp³-hybridized carbons (Fsp3) is 0.536. The molecular formula is C28H41N3O4. The summed E-state index contributed by atoms with van der Waals surface area (Å²) in [7, 11) is 0. The largest absolute Gasteiger partial charge is 0.489 e. The number of ether oxygens (including phenoxy) is 2. The Morgan fingerprint density at radius 2 is 1.63 bits per heavy atom. The summed E-state index contributed by atoms with van der Waals surface area (Å²) in [6.07, 6.45) is -0.960. The third-order valence-electron chi connectivity index (χ3n) is 5.71. The van der Waals surface area contributed by atoms with Crippen molar-refractivity contribution in [2.24, 2.45) is 0 Å². The fourth-order valence-corrected chi connectivity index (χ4v) is 4.19. The van der Waals surface area contributed by atoms with E-state index in [1.165, 1.54) is 0 Å². The molecule has 1 aliphatic rings. The molecule has 0 aliphatic carbocycles. The van der Waals surface area contributed by atoms with Gasteiger partial charge in [0.05, 0.1) is 24.4 Å². The predicted octanol–water partition coefficient (Wildman–Crippen LogP) is 4.39. The van der Waals surface area contributed by atoms with E-state index in [2.05, 4.69) is 15.9 Å². The van der Waals surface area contributed by atoms with Gasteiger partial charge in [-0.1, -0.05) is 42.5 Å². The minimum atomic E-state index is -0.672. The summed E-state index contributed by atoms with van der Waals surface area (Å²) in [6, 6.07) is 18.0. The molecule has 1 amide bonds. The molecule has 1 heterocycles. The lowest BCUT2D eigenvalue weighted by Crippen LogP contribution is -2.50. The molecule has 0 aromatic heterocycles. The van der Waals surface area contributed by atoms with Crippen LogP contribution in [0, 0.1) is 0 Å². The number of carbonyl (C=O) groups excluding carboxylic acids is 1. The predicted molar refractivity (Wildman–Crippen MR) is 140 cm³/mol. The van der Waals surface area contributed by atoms with Gasteiger partial charge < -0.3 is 24.4 Å². The molecule has 1 fully saturated rings.